The minimum Gasteiger partial charge on any atom is -0.457 e. The van der Waals surface area contributed by atoms with E-state index in [1.807, 2.05) is 6.92 Å². The highest BCUT2D eigenvalue weighted by Crippen LogP contribution is 2.25. The maximum Gasteiger partial charge on any atom is 0.333 e. The molecule has 1 rings (SSSR count). The van der Waals surface area contributed by atoms with E-state index in [1.165, 1.54) is 6.07 Å². The van der Waals surface area contributed by atoms with Crippen molar-refractivity contribution in [2.75, 3.05) is 0 Å². The summed E-state index contributed by atoms with van der Waals surface area (Å²) in [6.07, 6.45) is 4.48. The lowest BCUT2D eigenvalue weighted by molar-refractivity contribution is -0.394. The Kier molecular flexibility index (Phi) is 6.85. The number of non-ortho nitro benzene ring substituents is 1. The fraction of sp³-hybridized carbons (Fsp3) is 0.400. The fourth-order valence-corrected chi connectivity index (χ4v) is 1.82. The number of unbranched alkanes of at least 4 members (excludes halogenated alkanes) is 2. The van der Waals surface area contributed by atoms with Crippen LogP contribution in [0.2, 0.25) is 0 Å². The van der Waals surface area contributed by atoms with Gasteiger partial charge in [-0.1, -0.05) is 25.8 Å². The van der Waals surface area contributed by atoms with E-state index in [0.717, 1.165) is 31.4 Å². The van der Waals surface area contributed by atoms with Crippen LogP contribution in [0.3, 0.4) is 0 Å². The highest BCUT2D eigenvalue weighted by atomic mass is 16.6. The Labute approximate surface area is 133 Å². The number of allylic oxidation sites excluding steroid dienone is 1. The van der Waals surface area contributed by atoms with Gasteiger partial charge in [0, 0.05) is 11.6 Å². The average molecular weight is 322 g/mol. The summed E-state index contributed by atoms with van der Waals surface area (Å²) in [5.74, 6) is -0.561. The molecule has 0 saturated carbocycles. The zero-order valence-electron chi connectivity index (χ0n) is 13.0. The molecule has 1 aromatic rings. The number of esters is 1. The van der Waals surface area contributed by atoms with Gasteiger partial charge in [-0.25, -0.2) is 4.79 Å². The summed E-state index contributed by atoms with van der Waals surface area (Å²) >= 11 is 0. The molecule has 0 amide bonds. The lowest BCUT2D eigenvalue weighted by atomic mass is 10.1. The first-order chi connectivity index (χ1) is 10.9. The van der Waals surface area contributed by atoms with Crippen molar-refractivity contribution in [3.63, 3.8) is 0 Å². The van der Waals surface area contributed by atoms with Crippen LogP contribution in [-0.2, 0) is 16.1 Å². The van der Waals surface area contributed by atoms with Gasteiger partial charge in [0.05, 0.1) is 21.5 Å². The molecule has 0 heterocycles. The summed E-state index contributed by atoms with van der Waals surface area (Å²) in [6, 6.07) is 3.22. The van der Waals surface area contributed by atoms with Crippen LogP contribution in [-0.4, -0.2) is 15.8 Å². The minimum absolute atomic E-state index is 0.107. The van der Waals surface area contributed by atoms with Gasteiger partial charge >= 0.3 is 5.97 Å². The molecule has 8 heteroatoms. The molecule has 8 nitrogen and oxygen atoms in total. The van der Waals surface area contributed by atoms with Crippen molar-refractivity contribution >= 4 is 17.3 Å². The van der Waals surface area contributed by atoms with Crippen molar-refractivity contribution in [1.29, 1.82) is 0 Å². The van der Waals surface area contributed by atoms with Crippen molar-refractivity contribution in [3.8, 4) is 0 Å². The second kappa shape index (κ2) is 8.62. The second-order valence-electron chi connectivity index (χ2n) is 4.93. The molecule has 0 aliphatic heterocycles. The van der Waals surface area contributed by atoms with E-state index >= 15 is 0 Å². The van der Waals surface area contributed by atoms with Crippen LogP contribution in [0.25, 0.3) is 0 Å². The van der Waals surface area contributed by atoms with Crippen LogP contribution in [0.5, 0.6) is 0 Å². The Bertz CT molecular complexity index is 639. The van der Waals surface area contributed by atoms with Crippen molar-refractivity contribution in [1.82, 2.24) is 0 Å². The van der Waals surface area contributed by atoms with E-state index < -0.39 is 21.5 Å². The topological polar surface area (TPSA) is 113 Å². The summed E-state index contributed by atoms with van der Waals surface area (Å²) < 4.78 is 5.03. The van der Waals surface area contributed by atoms with Gasteiger partial charge in [-0.05, 0) is 19.4 Å². The number of nitrogens with zero attached hydrogens (tertiary/aromatic N) is 2. The van der Waals surface area contributed by atoms with E-state index in [2.05, 4.69) is 0 Å². The third kappa shape index (κ3) is 5.50. The smallest absolute Gasteiger partial charge is 0.333 e. The van der Waals surface area contributed by atoms with Crippen LogP contribution in [0, 0.1) is 20.2 Å². The SMILES string of the molecule is CCCCC=C(C)C(=O)OCc1ccc([N+](=O)[O-])cc1[N+](=O)[O-]. The minimum atomic E-state index is -0.736. The molecule has 0 bridgehead atoms. The third-order valence-corrected chi connectivity index (χ3v) is 3.17. The number of nitro benzene ring substituents is 2. The monoisotopic (exact) mass is 322 g/mol. The van der Waals surface area contributed by atoms with Crippen LogP contribution < -0.4 is 0 Å². The van der Waals surface area contributed by atoms with Gasteiger partial charge < -0.3 is 4.74 Å². The van der Waals surface area contributed by atoms with E-state index in [9.17, 15) is 25.0 Å². The van der Waals surface area contributed by atoms with Crippen molar-refractivity contribution in [2.24, 2.45) is 0 Å². The number of ether oxygens (including phenoxy) is 1. The lowest BCUT2D eigenvalue weighted by Crippen LogP contribution is -2.07. The number of carbonyl (C=O) groups excluding carboxylic acids is 1. The molecule has 0 aliphatic rings. The molecule has 124 valence electrons. The lowest BCUT2D eigenvalue weighted by Gasteiger charge is -2.06. The maximum atomic E-state index is 11.8. The Morgan fingerprint density at radius 3 is 2.52 bits per heavy atom. The zero-order chi connectivity index (χ0) is 17.4. The predicted molar refractivity (Wildman–Crippen MR) is 82.8 cm³/mol. The van der Waals surface area contributed by atoms with Crippen LogP contribution in [0.15, 0.2) is 29.8 Å². The van der Waals surface area contributed by atoms with Gasteiger partial charge in [-0.15, -0.1) is 0 Å². The normalized spacial score (nSPS) is 11.1. The summed E-state index contributed by atoms with van der Waals surface area (Å²) in [5.41, 5.74) is -0.291. The van der Waals surface area contributed by atoms with Crippen LogP contribution in [0.4, 0.5) is 11.4 Å². The van der Waals surface area contributed by atoms with E-state index in [-0.39, 0.29) is 17.9 Å². The first-order valence-electron chi connectivity index (χ1n) is 7.12. The predicted octanol–water partition coefficient (Wildman–Crippen LogP) is 3.68. The average Bonchev–Trinajstić information content (AvgIpc) is 2.52. The molecule has 0 aliphatic carbocycles. The van der Waals surface area contributed by atoms with Crippen LogP contribution >= 0.6 is 0 Å². The van der Waals surface area contributed by atoms with E-state index in [0.29, 0.717) is 5.57 Å². The van der Waals surface area contributed by atoms with E-state index in [1.54, 1.807) is 13.0 Å². The molecule has 0 N–H and O–H groups in total. The number of carbonyl (C=O) groups is 1. The first kappa shape index (κ1) is 18.3. The standard InChI is InChI=1S/C15H18N2O6/c1-3-4-5-6-11(2)15(18)23-10-12-7-8-13(16(19)20)9-14(12)17(21)22/h6-9H,3-5,10H2,1-2H3. The van der Waals surface area contributed by atoms with Gasteiger partial charge in [0.15, 0.2) is 0 Å². The summed E-state index contributed by atoms with van der Waals surface area (Å²) in [5, 5.41) is 21.6. The van der Waals surface area contributed by atoms with Gasteiger partial charge in [-0.2, -0.15) is 0 Å². The molecule has 0 spiro atoms. The zero-order valence-corrected chi connectivity index (χ0v) is 13.0. The summed E-state index contributed by atoms with van der Waals surface area (Å²) in [6.45, 7) is 3.34. The van der Waals surface area contributed by atoms with Crippen molar-refractivity contribution in [3.05, 3.63) is 55.6 Å². The van der Waals surface area contributed by atoms with Crippen molar-refractivity contribution in [2.45, 2.75) is 39.7 Å². The maximum absolute atomic E-state index is 11.8. The number of benzene rings is 1. The molecular formula is C15H18N2O6. The Morgan fingerprint density at radius 2 is 1.96 bits per heavy atom. The number of nitro groups is 2. The Hall–Kier alpha value is -2.77. The highest BCUT2D eigenvalue weighted by molar-refractivity contribution is 5.87. The van der Waals surface area contributed by atoms with E-state index in [4.69, 9.17) is 4.74 Å². The molecule has 0 saturated heterocycles. The third-order valence-electron chi connectivity index (χ3n) is 3.17. The van der Waals surface area contributed by atoms with Crippen molar-refractivity contribution < 1.29 is 19.4 Å². The number of hydrogen-bond donors (Lipinski definition) is 0. The molecule has 23 heavy (non-hydrogen) atoms. The largest absolute Gasteiger partial charge is 0.457 e. The number of hydrogen-bond acceptors (Lipinski definition) is 6. The Balaban J connectivity index is 2.81. The number of rotatable bonds is 8. The highest BCUT2D eigenvalue weighted by Gasteiger charge is 2.20. The molecule has 0 radical (unpaired) electrons. The van der Waals surface area contributed by atoms with Gasteiger partial charge in [0.1, 0.15) is 6.61 Å². The first-order valence-corrected chi connectivity index (χ1v) is 7.12. The van der Waals surface area contributed by atoms with Gasteiger partial charge in [0.2, 0.25) is 0 Å². The van der Waals surface area contributed by atoms with Gasteiger partial charge in [0.25, 0.3) is 11.4 Å². The van der Waals surface area contributed by atoms with Crippen LogP contribution in [0.1, 0.15) is 38.7 Å². The molecular weight excluding hydrogens is 304 g/mol. The molecule has 0 atom stereocenters. The second-order valence-corrected chi connectivity index (χ2v) is 4.93. The molecule has 1 aromatic carbocycles. The molecule has 0 unspecified atom stereocenters. The summed E-state index contributed by atoms with van der Waals surface area (Å²) in [4.78, 5) is 32.0. The molecule has 0 fully saturated rings. The quantitative estimate of drug-likeness (QED) is 0.237. The Morgan fingerprint density at radius 1 is 1.26 bits per heavy atom. The fourth-order valence-electron chi connectivity index (χ4n) is 1.82. The molecule has 0 aromatic heterocycles. The summed E-state index contributed by atoms with van der Waals surface area (Å²) in [7, 11) is 0. The van der Waals surface area contributed by atoms with Gasteiger partial charge in [-0.3, -0.25) is 20.2 Å².